The predicted octanol–water partition coefficient (Wildman–Crippen LogP) is 4.58. The van der Waals surface area contributed by atoms with Gasteiger partial charge < -0.3 is 9.88 Å². The number of H-pyrrole nitrogens is 1. The van der Waals surface area contributed by atoms with E-state index in [9.17, 15) is 0 Å². The highest BCUT2D eigenvalue weighted by atomic mass is 15.1. The van der Waals surface area contributed by atoms with Crippen LogP contribution in [0, 0.1) is 0 Å². The normalized spacial score (nSPS) is 11.4. The first kappa shape index (κ1) is 14.4. The highest BCUT2D eigenvalue weighted by Gasteiger charge is 2.01. The molecule has 0 unspecified atom stereocenters. The number of fused-ring (bicyclic) bond motifs is 1. The Labute approximate surface area is 131 Å². The van der Waals surface area contributed by atoms with Crippen molar-refractivity contribution in [2.75, 3.05) is 18.0 Å². The molecule has 0 radical (unpaired) electrons. The van der Waals surface area contributed by atoms with E-state index in [2.05, 4.69) is 59.1 Å². The number of rotatable bonds is 5. The molecule has 2 aromatic carbocycles. The Hall–Kier alpha value is -2.55. The first-order valence-electron chi connectivity index (χ1n) is 7.78. The molecule has 0 bridgehead atoms. The number of nitrogens with one attached hydrogen (secondary N) is 1. The summed E-state index contributed by atoms with van der Waals surface area (Å²) in [5.41, 5.74) is 4.51. The molecule has 3 rings (SSSR count). The Balaban J connectivity index is 1.77. The fourth-order valence-corrected chi connectivity index (χ4v) is 2.61. The number of nitrogens with zero attached hydrogens (tertiary/aromatic N) is 2. The lowest BCUT2D eigenvalue weighted by atomic mass is 10.2. The lowest BCUT2D eigenvalue weighted by molar-refractivity contribution is 0.866. The van der Waals surface area contributed by atoms with Gasteiger partial charge in [0.2, 0.25) is 0 Å². The van der Waals surface area contributed by atoms with E-state index in [1.165, 1.54) is 11.3 Å². The number of imidazole rings is 1. The molecule has 0 amide bonds. The van der Waals surface area contributed by atoms with Crippen LogP contribution in [0.3, 0.4) is 0 Å². The Kier molecular flexibility index (Phi) is 4.24. The first-order chi connectivity index (χ1) is 10.8. The minimum atomic E-state index is 0.883. The zero-order valence-electron chi connectivity index (χ0n) is 13.1. The largest absolute Gasteiger partial charge is 0.372 e. The third-order valence-corrected chi connectivity index (χ3v) is 3.86. The highest BCUT2D eigenvalue weighted by molar-refractivity contribution is 5.78. The summed E-state index contributed by atoms with van der Waals surface area (Å²) < 4.78 is 0. The standard InChI is InChI=1S/C19H21N3/c1-3-22(4-2)16-12-9-15(10-13-16)11-14-19-20-17-7-5-6-8-18(17)21-19/h5-14H,3-4H2,1-2H3,(H,20,21)/b14-11+. The van der Waals surface area contributed by atoms with E-state index in [-0.39, 0.29) is 0 Å². The highest BCUT2D eigenvalue weighted by Crippen LogP contribution is 2.17. The van der Waals surface area contributed by atoms with Crippen molar-refractivity contribution in [3.8, 4) is 0 Å². The van der Waals surface area contributed by atoms with Gasteiger partial charge in [0.25, 0.3) is 0 Å². The maximum Gasteiger partial charge on any atom is 0.131 e. The van der Waals surface area contributed by atoms with E-state index in [1.54, 1.807) is 0 Å². The van der Waals surface area contributed by atoms with E-state index >= 15 is 0 Å². The van der Waals surface area contributed by atoms with Crippen molar-refractivity contribution in [2.24, 2.45) is 0 Å². The second-order valence-corrected chi connectivity index (χ2v) is 5.24. The fraction of sp³-hybridized carbons (Fsp3) is 0.211. The van der Waals surface area contributed by atoms with Crippen molar-refractivity contribution in [3.63, 3.8) is 0 Å². The lowest BCUT2D eigenvalue weighted by Gasteiger charge is -2.20. The SMILES string of the molecule is CCN(CC)c1ccc(/C=C/c2nc3ccccc3[nH]2)cc1. The van der Waals surface area contributed by atoms with E-state index in [1.807, 2.05) is 30.3 Å². The number of aromatic amines is 1. The summed E-state index contributed by atoms with van der Waals surface area (Å²) in [5, 5.41) is 0. The molecule has 1 heterocycles. The van der Waals surface area contributed by atoms with Crippen molar-refractivity contribution < 1.29 is 0 Å². The van der Waals surface area contributed by atoms with Gasteiger partial charge in [0.15, 0.2) is 0 Å². The average Bonchev–Trinajstić information content (AvgIpc) is 2.98. The van der Waals surface area contributed by atoms with Gasteiger partial charge in [-0.1, -0.05) is 30.3 Å². The van der Waals surface area contributed by atoms with Crippen LogP contribution >= 0.6 is 0 Å². The molecule has 0 fully saturated rings. The molecule has 0 aliphatic heterocycles. The van der Waals surface area contributed by atoms with Crippen LogP contribution in [0.4, 0.5) is 5.69 Å². The number of aromatic nitrogens is 2. The molecule has 0 atom stereocenters. The van der Waals surface area contributed by atoms with Gasteiger partial charge >= 0.3 is 0 Å². The van der Waals surface area contributed by atoms with Gasteiger partial charge in [0, 0.05) is 18.8 Å². The maximum absolute atomic E-state index is 4.55. The predicted molar refractivity (Wildman–Crippen MR) is 95.0 cm³/mol. The Morgan fingerprint density at radius 1 is 0.955 bits per heavy atom. The van der Waals surface area contributed by atoms with Crippen molar-refractivity contribution in [1.82, 2.24) is 9.97 Å². The number of para-hydroxylation sites is 2. The van der Waals surface area contributed by atoms with Gasteiger partial charge in [-0.15, -0.1) is 0 Å². The van der Waals surface area contributed by atoms with E-state index in [0.29, 0.717) is 0 Å². The van der Waals surface area contributed by atoms with Crippen LogP contribution in [0.5, 0.6) is 0 Å². The van der Waals surface area contributed by atoms with Crippen LogP contribution in [-0.2, 0) is 0 Å². The van der Waals surface area contributed by atoms with E-state index in [4.69, 9.17) is 0 Å². The summed E-state index contributed by atoms with van der Waals surface area (Å²) in [6, 6.07) is 16.7. The molecule has 1 aromatic heterocycles. The molecule has 0 aliphatic rings. The van der Waals surface area contributed by atoms with Gasteiger partial charge in [0.05, 0.1) is 11.0 Å². The number of anilines is 1. The number of hydrogen-bond donors (Lipinski definition) is 1. The zero-order chi connectivity index (χ0) is 15.4. The molecule has 3 heteroatoms. The summed E-state index contributed by atoms with van der Waals surface area (Å²) in [6.07, 6.45) is 4.11. The topological polar surface area (TPSA) is 31.9 Å². The van der Waals surface area contributed by atoms with Crippen molar-refractivity contribution >= 4 is 28.9 Å². The number of hydrogen-bond acceptors (Lipinski definition) is 2. The average molecular weight is 291 g/mol. The van der Waals surface area contributed by atoms with Crippen LogP contribution in [0.2, 0.25) is 0 Å². The third-order valence-electron chi connectivity index (χ3n) is 3.86. The molecule has 22 heavy (non-hydrogen) atoms. The van der Waals surface area contributed by atoms with Crippen LogP contribution in [0.1, 0.15) is 25.2 Å². The molecule has 1 N–H and O–H groups in total. The monoisotopic (exact) mass is 291 g/mol. The summed E-state index contributed by atoms with van der Waals surface area (Å²) in [7, 11) is 0. The lowest BCUT2D eigenvalue weighted by Crippen LogP contribution is -2.21. The summed E-state index contributed by atoms with van der Waals surface area (Å²) >= 11 is 0. The third kappa shape index (κ3) is 3.03. The Morgan fingerprint density at radius 2 is 1.68 bits per heavy atom. The molecule has 3 aromatic rings. The van der Waals surface area contributed by atoms with Gasteiger partial charge in [-0.3, -0.25) is 0 Å². The van der Waals surface area contributed by atoms with Crippen molar-refractivity contribution in [1.29, 1.82) is 0 Å². The zero-order valence-corrected chi connectivity index (χ0v) is 13.1. The molecule has 0 spiro atoms. The molecule has 0 saturated heterocycles. The van der Waals surface area contributed by atoms with Crippen LogP contribution in [-0.4, -0.2) is 23.1 Å². The van der Waals surface area contributed by atoms with E-state index in [0.717, 1.165) is 29.9 Å². The summed E-state index contributed by atoms with van der Waals surface area (Å²) in [5.74, 6) is 0.883. The molecule has 112 valence electrons. The molecule has 0 saturated carbocycles. The quantitative estimate of drug-likeness (QED) is 0.746. The second-order valence-electron chi connectivity index (χ2n) is 5.24. The van der Waals surface area contributed by atoms with Crippen LogP contribution in [0.15, 0.2) is 48.5 Å². The summed E-state index contributed by atoms with van der Waals surface area (Å²) in [4.78, 5) is 10.2. The minimum absolute atomic E-state index is 0.883. The van der Waals surface area contributed by atoms with Gasteiger partial charge in [-0.2, -0.15) is 0 Å². The van der Waals surface area contributed by atoms with Gasteiger partial charge in [-0.25, -0.2) is 4.98 Å². The molecule has 0 aliphatic carbocycles. The smallest absolute Gasteiger partial charge is 0.131 e. The molecular formula is C19H21N3. The minimum Gasteiger partial charge on any atom is -0.372 e. The van der Waals surface area contributed by atoms with Crippen molar-refractivity contribution in [2.45, 2.75) is 13.8 Å². The van der Waals surface area contributed by atoms with Crippen LogP contribution < -0.4 is 4.90 Å². The Morgan fingerprint density at radius 3 is 2.36 bits per heavy atom. The molecule has 3 nitrogen and oxygen atoms in total. The first-order valence-corrected chi connectivity index (χ1v) is 7.78. The number of benzene rings is 2. The van der Waals surface area contributed by atoms with Gasteiger partial charge in [-0.05, 0) is 49.8 Å². The summed E-state index contributed by atoms with van der Waals surface area (Å²) in [6.45, 7) is 6.42. The van der Waals surface area contributed by atoms with Crippen molar-refractivity contribution in [3.05, 3.63) is 59.9 Å². The Bertz CT molecular complexity index is 732. The molecular weight excluding hydrogens is 270 g/mol. The fourth-order valence-electron chi connectivity index (χ4n) is 2.61. The van der Waals surface area contributed by atoms with Crippen LogP contribution in [0.25, 0.3) is 23.2 Å². The maximum atomic E-state index is 4.55. The second kappa shape index (κ2) is 6.48. The van der Waals surface area contributed by atoms with E-state index < -0.39 is 0 Å². The van der Waals surface area contributed by atoms with Gasteiger partial charge in [0.1, 0.15) is 5.82 Å².